The van der Waals surface area contributed by atoms with Crippen molar-refractivity contribution in [2.45, 2.75) is 38.0 Å². The van der Waals surface area contributed by atoms with E-state index in [-0.39, 0.29) is 17.0 Å². The number of nitrogens with one attached hydrogen (secondary N) is 1. The number of hydrogen-bond donors (Lipinski definition) is 2. The maximum atomic E-state index is 13.1. The van der Waals surface area contributed by atoms with Gasteiger partial charge in [-0.15, -0.1) is 0 Å². The number of hydrogen-bond acceptors (Lipinski definition) is 3. The van der Waals surface area contributed by atoms with Crippen LogP contribution in [0.2, 0.25) is 5.02 Å². The monoisotopic (exact) mass is 315 g/mol. The standard InChI is InChI=1S/C14H15ClFNO4/c1-7(8-2-3-10(16)9(15)6-8)17-13(18)11-4-5-12(21-11)14(19)20/h2-3,6-7,11-12H,4-5H2,1H3,(H,17,18)(H,19,20)/t7?,11-,12+/m0/s1. The molecule has 0 aromatic heterocycles. The highest BCUT2D eigenvalue weighted by Gasteiger charge is 2.35. The predicted octanol–water partition coefficient (Wildman–Crippen LogP) is 2.29. The Labute approximate surface area is 126 Å². The number of rotatable bonds is 4. The molecule has 0 saturated carbocycles. The Kier molecular flexibility index (Phi) is 4.80. The van der Waals surface area contributed by atoms with Crippen LogP contribution in [0.1, 0.15) is 31.4 Å². The van der Waals surface area contributed by atoms with E-state index in [2.05, 4.69) is 5.32 Å². The third kappa shape index (κ3) is 3.71. The van der Waals surface area contributed by atoms with Gasteiger partial charge in [0, 0.05) is 0 Å². The fourth-order valence-corrected chi connectivity index (χ4v) is 2.37. The molecule has 1 saturated heterocycles. The van der Waals surface area contributed by atoms with Crippen LogP contribution in [0.3, 0.4) is 0 Å². The maximum Gasteiger partial charge on any atom is 0.332 e. The van der Waals surface area contributed by atoms with Gasteiger partial charge >= 0.3 is 5.97 Å². The molecule has 1 unspecified atom stereocenters. The van der Waals surface area contributed by atoms with Crippen LogP contribution in [0.4, 0.5) is 4.39 Å². The highest BCUT2D eigenvalue weighted by atomic mass is 35.5. The quantitative estimate of drug-likeness (QED) is 0.894. The molecule has 7 heteroatoms. The van der Waals surface area contributed by atoms with Gasteiger partial charge < -0.3 is 15.2 Å². The minimum absolute atomic E-state index is 0.0170. The molecule has 1 heterocycles. The average molecular weight is 316 g/mol. The molecule has 1 aromatic carbocycles. The SMILES string of the molecule is CC(NC(=O)[C@@H]1CC[C@H](C(=O)O)O1)c1ccc(F)c(Cl)c1. The fourth-order valence-electron chi connectivity index (χ4n) is 2.18. The lowest BCUT2D eigenvalue weighted by Gasteiger charge is -2.18. The Morgan fingerprint density at radius 2 is 2.10 bits per heavy atom. The number of halogens is 2. The van der Waals surface area contributed by atoms with Crippen molar-refractivity contribution < 1.29 is 23.8 Å². The molecule has 1 aliphatic rings. The van der Waals surface area contributed by atoms with Crippen molar-refractivity contribution in [3.05, 3.63) is 34.6 Å². The van der Waals surface area contributed by atoms with E-state index in [9.17, 15) is 14.0 Å². The third-order valence-electron chi connectivity index (χ3n) is 3.39. The molecular formula is C14H15ClFNO4. The molecule has 0 spiro atoms. The van der Waals surface area contributed by atoms with Crippen molar-refractivity contribution in [3.63, 3.8) is 0 Å². The zero-order valence-electron chi connectivity index (χ0n) is 11.3. The second-order valence-corrected chi connectivity index (χ2v) is 5.34. The van der Waals surface area contributed by atoms with E-state index in [1.165, 1.54) is 18.2 Å². The van der Waals surface area contributed by atoms with Crippen LogP contribution in [-0.2, 0) is 14.3 Å². The summed E-state index contributed by atoms with van der Waals surface area (Å²) in [6.07, 6.45) is -1.04. The summed E-state index contributed by atoms with van der Waals surface area (Å²) in [6, 6.07) is 3.81. The first-order chi connectivity index (χ1) is 9.88. The molecular weight excluding hydrogens is 301 g/mol. The first kappa shape index (κ1) is 15.7. The van der Waals surface area contributed by atoms with E-state index >= 15 is 0 Å². The van der Waals surface area contributed by atoms with Crippen molar-refractivity contribution in [1.82, 2.24) is 5.32 Å². The normalized spacial score (nSPS) is 22.8. The van der Waals surface area contributed by atoms with Crippen molar-refractivity contribution in [1.29, 1.82) is 0 Å². The number of benzene rings is 1. The lowest BCUT2D eigenvalue weighted by molar-refractivity contribution is -0.151. The van der Waals surface area contributed by atoms with Gasteiger partial charge in [-0.2, -0.15) is 0 Å². The number of carboxylic acids is 1. The molecule has 2 rings (SSSR count). The third-order valence-corrected chi connectivity index (χ3v) is 3.68. The van der Waals surface area contributed by atoms with Crippen molar-refractivity contribution >= 4 is 23.5 Å². The fraction of sp³-hybridized carbons (Fsp3) is 0.429. The summed E-state index contributed by atoms with van der Waals surface area (Å²) in [7, 11) is 0. The molecule has 114 valence electrons. The van der Waals surface area contributed by atoms with Crippen LogP contribution in [0.5, 0.6) is 0 Å². The average Bonchev–Trinajstić information content (AvgIpc) is 2.91. The minimum atomic E-state index is -1.07. The minimum Gasteiger partial charge on any atom is -0.479 e. The summed E-state index contributed by atoms with van der Waals surface area (Å²) in [4.78, 5) is 22.8. The van der Waals surface area contributed by atoms with Crippen molar-refractivity contribution in [2.24, 2.45) is 0 Å². The Bertz CT molecular complexity index is 566. The summed E-state index contributed by atoms with van der Waals surface area (Å²) in [6.45, 7) is 1.73. The number of aliphatic carboxylic acids is 1. The largest absolute Gasteiger partial charge is 0.479 e. The summed E-state index contributed by atoms with van der Waals surface area (Å²) >= 11 is 5.70. The van der Waals surface area contributed by atoms with Gasteiger partial charge in [-0.3, -0.25) is 4.79 Å². The van der Waals surface area contributed by atoms with Gasteiger partial charge in [0.25, 0.3) is 0 Å². The van der Waals surface area contributed by atoms with Crippen molar-refractivity contribution in [3.8, 4) is 0 Å². The molecule has 1 aliphatic heterocycles. The summed E-state index contributed by atoms with van der Waals surface area (Å²) in [5.74, 6) is -1.97. The topological polar surface area (TPSA) is 75.6 Å². The van der Waals surface area contributed by atoms with E-state index in [0.717, 1.165) is 0 Å². The number of carbonyl (C=O) groups is 2. The van der Waals surface area contributed by atoms with E-state index < -0.39 is 24.0 Å². The second-order valence-electron chi connectivity index (χ2n) is 4.93. The summed E-state index contributed by atoms with van der Waals surface area (Å²) < 4.78 is 18.3. The number of carbonyl (C=O) groups excluding carboxylic acids is 1. The van der Waals surface area contributed by atoms with E-state index in [0.29, 0.717) is 18.4 Å². The zero-order valence-corrected chi connectivity index (χ0v) is 12.1. The van der Waals surface area contributed by atoms with Crippen LogP contribution in [0, 0.1) is 5.82 Å². The highest BCUT2D eigenvalue weighted by Crippen LogP contribution is 2.23. The molecule has 1 amide bonds. The van der Waals surface area contributed by atoms with Gasteiger partial charge in [0.1, 0.15) is 11.9 Å². The van der Waals surface area contributed by atoms with E-state index in [1.807, 2.05) is 0 Å². The maximum absolute atomic E-state index is 13.1. The van der Waals surface area contributed by atoms with Gasteiger partial charge in [-0.05, 0) is 37.5 Å². The smallest absolute Gasteiger partial charge is 0.332 e. The molecule has 5 nitrogen and oxygen atoms in total. The van der Waals surface area contributed by atoms with Crippen LogP contribution in [0.15, 0.2) is 18.2 Å². The Balaban J connectivity index is 1.96. The van der Waals surface area contributed by atoms with Crippen LogP contribution in [-0.4, -0.2) is 29.2 Å². The summed E-state index contributed by atoms with van der Waals surface area (Å²) in [5, 5.41) is 11.5. The molecule has 2 N–H and O–H groups in total. The molecule has 3 atom stereocenters. The lowest BCUT2D eigenvalue weighted by atomic mass is 10.1. The first-order valence-corrected chi connectivity index (χ1v) is 6.90. The van der Waals surface area contributed by atoms with E-state index in [4.69, 9.17) is 21.4 Å². The predicted molar refractivity (Wildman–Crippen MR) is 73.5 cm³/mol. The Hall–Kier alpha value is -1.66. The van der Waals surface area contributed by atoms with Gasteiger partial charge in [-0.25, -0.2) is 9.18 Å². The van der Waals surface area contributed by atoms with Crippen LogP contribution >= 0.6 is 11.6 Å². The van der Waals surface area contributed by atoms with Crippen LogP contribution in [0.25, 0.3) is 0 Å². The number of carboxylic acid groups (broad SMARTS) is 1. The van der Waals surface area contributed by atoms with Crippen molar-refractivity contribution in [2.75, 3.05) is 0 Å². The van der Waals surface area contributed by atoms with Gasteiger partial charge in [0.15, 0.2) is 6.10 Å². The molecule has 1 aromatic rings. The highest BCUT2D eigenvalue weighted by molar-refractivity contribution is 6.30. The van der Waals surface area contributed by atoms with Crippen LogP contribution < -0.4 is 5.32 Å². The van der Waals surface area contributed by atoms with Gasteiger partial charge in [-0.1, -0.05) is 17.7 Å². The zero-order chi connectivity index (χ0) is 15.6. The Morgan fingerprint density at radius 1 is 1.43 bits per heavy atom. The molecule has 1 fully saturated rings. The second kappa shape index (κ2) is 6.41. The molecule has 21 heavy (non-hydrogen) atoms. The summed E-state index contributed by atoms with van der Waals surface area (Å²) in [5.41, 5.74) is 0.655. The van der Waals surface area contributed by atoms with Gasteiger partial charge in [0.05, 0.1) is 11.1 Å². The lowest BCUT2D eigenvalue weighted by Crippen LogP contribution is -2.37. The van der Waals surface area contributed by atoms with Gasteiger partial charge in [0.2, 0.25) is 5.91 Å². The number of amides is 1. The number of ether oxygens (including phenoxy) is 1. The molecule has 0 aliphatic carbocycles. The van der Waals surface area contributed by atoms with E-state index in [1.54, 1.807) is 6.92 Å². The Morgan fingerprint density at radius 3 is 2.67 bits per heavy atom. The molecule has 0 radical (unpaired) electrons. The first-order valence-electron chi connectivity index (χ1n) is 6.52. The molecule has 0 bridgehead atoms.